The van der Waals surface area contributed by atoms with Gasteiger partial charge >= 0.3 is 5.69 Å². The van der Waals surface area contributed by atoms with Gasteiger partial charge in [0.05, 0.1) is 6.61 Å². The lowest BCUT2D eigenvalue weighted by Crippen LogP contribution is -2.67. The van der Waals surface area contributed by atoms with Gasteiger partial charge in [-0.1, -0.05) is 87.5 Å². The van der Waals surface area contributed by atoms with Gasteiger partial charge in [0.15, 0.2) is 6.23 Å². The molecule has 0 radical (unpaired) electrons. The first-order valence-electron chi connectivity index (χ1n) is 11.1. The Morgan fingerprint density at radius 3 is 2.09 bits per heavy atom. The third-order valence-corrected chi connectivity index (χ3v) is 11.1. The molecule has 0 amide bonds. The van der Waals surface area contributed by atoms with Gasteiger partial charge in [-0.2, -0.15) is 0 Å². The third-order valence-electron chi connectivity index (χ3n) is 6.11. The summed E-state index contributed by atoms with van der Waals surface area (Å²) in [5.74, 6) is 0. The summed E-state index contributed by atoms with van der Waals surface area (Å²) in [6.07, 6.45) is 4.40. The molecule has 1 aromatic heterocycles. The molecule has 0 unspecified atom stereocenters. The van der Waals surface area contributed by atoms with Crippen LogP contribution in [0.25, 0.3) is 0 Å². The van der Waals surface area contributed by atoms with Crippen LogP contribution in [0, 0.1) is 6.92 Å². The fraction of sp³-hybridized carbons (Fsp3) is 0.308. The molecule has 0 fully saturated rings. The molecule has 0 bridgehead atoms. The first kappa shape index (κ1) is 23.2. The smallest absolute Gasteiger partial charge is 0.330 e. The predicted molar refractivity (Wildman–Crippen MR) is 133 cm³/mol. The van der Waals surface area contributed by atoms with Crippen molar-refractivity contribution < 1.29 is 9.16 Å². The first-order chi connectivity index (χ1) is 15.7. The number of nitrogens with one attached hydrogen (secondary N) is 1. The molecule has 1 aliphatic heterocycles. The highest BCUT2D eigenvalue weighted by Crippen LogP contribution is 2.37. The summed E-state index contributed by atoms with van der Waals surface area (Å²) < 4.78 is 14.5. The lowest BCUT2D eigenvalue weighted by atomic mass is 10.2. The number of hydrogen-bond donors (Lipinski definition) is 1. The van der Waals surface area contributed by atoms with Crippen molar-refractivity contribution in [2.45, 2.75) is 45.1 Å². The molecule has 33 heavy (non-hydrogen) atoms. The molecule has 0 spiro atoms. The Balaban J connectivity index is 1.63. The van der Waals surface area contributed by atoms with Crippen LogP contribution in [0.2, 0.25) is 5.04 Å². The quantitative estimate of drug-likeness (QED) is 0.452. The lowest BCUT2D eigenvalue weighted by molar-refractivity contribution is -0.00719. The monoisotopic (exact) mass is 462 g/mol. The maximum atomic E-state index is 12.3. The highest BCUT2D eigenvalue weighted by atomic mass is 28.4. The van der Waals surface area contributed by atoms with Crippen LogP contribution in [-0.4, -0.2) is 30.6 Å². The Hall–Kier alpha value is -3.00. The van der Waals surface area contributed by atoms with Crippen molar-refractivity contribution >= 4 is 18.7 Å². The molecule has 7 heteroatoms. The molecule has 2 heterocycles. The Labute approximate surface area is 194 Å². The molecule has 4 rings (SSSR count). The molecule has 0 saturated carbocycles. The maximum absolute atomic E-state index is 12.3. The van der Waals surface area contributed by atoms with Gasteiger partial charge < -0.3 is 9.16 Å². The molecule has 0 aliphatic carbocycles. The molecule has 172 valence electrons. The van der Waals surface area contributed by atoms with Crippen molar-refractivity contribution in [1.29, 1.82) is 0 Å². The molecule has 6 nitrogen and oxygen atoms in total. The van der Waals surface area contributed by atoms with Gasteiger partial charge in [0.25, 0.3) is 13.9 Å². The largest absolute Gasteiger partial charge is 0.404 e. The summed E-state index contributed by atoms with van der Waals surface area (Å²) in [5.41, 5.74) is -0.419. The van der Waals surface area contributed by atoms with Crippen molar-refractivity contribution in [3.8, 4) is 0 Å². The van der Waals surface area contributed by atoms with Crippen molar-refractivity contribution in [2.24, 2.45) is 0 Å². The minimum Gasteiger partial charge on any atom is -0.404 e. The Kier molecular flexibility index (Phi) is 6.38. The van der Waals surface area contributed by atoms with E-state index < -0.39 is 20.2 Å². The van der Waals surface area contributed by atoms with Crippen LogP contribution in [-0.2, 0) is 9.16 Å². The van der Waals surface area contributed by atoms with Crippen LogP contribution < -0.4 is 21.6 Å². The van der Waals surface area contributed by atoms with E-state index in [1.807, 2.05) is 24.3 Å². The zero-order valence-electron chi connectivity index (χ0n) is 19.4. The lowest BCUT2D eigenvalue weighted by Gasteiger charge is -2.43. The zero-order chi connectivity index (χ0) is 23.6. The molecule has 0 saturated heterocycles. The summed E-state index contributed by atoms with van der Waals surface area (Å²) in [7, 11) is -2.68. The Bertz CT molecular complexity index is 1200. The molecule has 2 aromatic carbocycles. The SMILES string of the molecule is Cc1cn([C@H]2C=C[C@@H](CO[Si](c3ccccc3)(c3ccccc3)C(C)(C)C)O2)c(=O)[nH]c1=O. The van der Waals surface area contributed by atoms with Gasteiger partial charge in [-0.3, -0.25) is 14.3 Å². The summed E-state index contributed by atoms with van der Waals surface area (Å²) in [5, 5.41) is 2.27. The average Bonchev–Trinajstić information content (AvgIpc) is 3.26. The number of hydrogen-bond acceptors (Lipinski definition) is 4. The maximum Gasteiger partial charge on any atom is 0.330 e. The number of H-pyrrole nitrogens is 1. The number of rotatable bonds is 6. The minimum atomic E-state index is -2.68. The van der Waals surface area contributed by atoms with E-state index in [-0.39, 0.29) is 16.7 Å². The first-order valence-corrected chi connectivity index (χ1v) is 13.0. The van der Waals surface area contributed by atoms with Crippen LogP contribution >= 0.6 is 0 Å². The van der Waals surface area contributed by atoms with Gasteiger partial charge in [-0.25, -0.2) is 4.79 Å². The van der Waals surface area contributed by atoms with Crippen molar-refractivity contribution in [3.63, 3.8) is 0 Å². The van der Waals surface area contributed by atoms with E-state index >= 15 is 0 Å². The second-order valence-electron chi connectivity index (χ2n) is 9.40. The number of aryl methyl sites for hydroxylation is 1. The fourth-order valence-electron chi connectivity index (χ4n) is 4.49. The molecular weight excluding hydrogens is 432 g/mol. The molecule has 1 N–H and O–H groups in total. The number of ether oxygens (including phenoxy) is 1. The minimum absolute atomic E-state index is 0.135. The molecular formula is C26H30N2O4Si. The van der Waals surface area contributed by atoms with E-state index in [4.69, 9.17) is 9.16 Å². The van der Waals surface area contributed by atoms with E-state index in [1.165, 1.54) is 21.1 Å². The highest BCUT2D eigenvalue weighted by Gasteiger charge is 2.50. The van der Waals surface area contributed by atoms with Crippen molar-refractivity contribution in [2.75, 3.05) is 6.61 Å². The number of aromatic nitrogens is 2. The van der Waals surface area contributed by atoms with Gasteiger partial charge in [0.2, 0.25) is 0 Å². The van der Waals surface area contributed by atoms with Crippen LogP contribution in [0.1, 0.15) is 32.6 Å². The molecule has 2 atom stereocenters. The second-order valence-corrected chi connectivity index (χ2v) is 13.7. The number of nitrogens with zero attached hydrogens (tertiary/aromatic N) is 1. The predicted octanol–water partition coefficient (Wildman–Crippen LogP) is 2.88. The zero-order valence-corrected chi connectivity index (χ0v) is 20.4. The Morgan fingerprint density at radius 1 is 0.970 bits per heavy atom. The highest BCUT2D eigenvalue weighted by molar-refractivity contribution is 6.99. The molecule has 3 aromatic rings. The van der Waals surface area contributed by atoms with E-state index in [1.54, 1.807) is 6.92 Å². The van der Waals surface area contributed by atoms with Gasteiger partial charge in [-0.05, 0) is 28.4 Å². The van der Waals surface area contributed by atoms with Crippen molar-refractivity contribution in [3.05, 3.63) is 105 Å². The third kappa shape index (κ3) is 4.44. The van der Waals surface area contributed by atoms with Crippen LogP contribution in [0.15, 0.2) is 88.6 Å². The van der Waals surface area contributed by atoms with E-state index in [9.17, 15) is 9.59 Å². The normalized spacial score (nSPS) is 18.5. The number of aromatic amines is 1. The summed E-state index contributed by atoms with van der Waals surface area (Å²) >= 11 is 0. The Morgan fingerprint density at radius 2 is 1.55 bits per heavy atom. The summed E-state index contributed by atoms with van der Waals surface area (Å²) in [6, 6.07) is 20.9. The van der Waals surface area contributed by atoms with E-state index in [0.29, 0.717) is 12.2 Å². The van der Waals surface area contributed by atoms with E-state index in [0.717, 1.165) is 0 Å². The van der Waals surface area contributed by atoms with Crippen LogP contribution in [0.4, 0.5) is 0 Å². The number of benzene rings is 2. The molecule has 1 aliphatic rings. The standard InChI is InChI=1S/C26H30N2O4Si/c1-19-17-28(25(30)27-24(19)29)23-16-15-20(32-23)18-31-33(26(2,3)4,21-11-7-5-8-12-21)22-13-9-6-10-14-22/h5-17,20,23H,18H2,1-4H3,(H,27,29,30)/t20-,23+/m0/s1. The van der Waals surface area contributed by atoms with Gasteiger partial charge in [0.1, 0.15) is 6.10 Å². The van der Waals surface area contributed by atoms with Gasteiger partial charge in [-0.15, -0.1) is 0 Å². The summed E-state index contributed by atoms with van der Waals surface area (Å²) in [6.45, 7) is 8.72. The van der Waals surface area contributed by atoms with Crippen molar-refractivity contribution in [1.82, 2.24) is 9.55 Å². The van der Waals surface area contributed by atoms with Crippen LogP contribution in [0.3, 0.4) is 0 Å². The topological polar surface area (TPSA) is 73.3 Å². The fourth-order valence-corrected chi connectivity index (χ4v) is 9.06. The van der Waals surface area contributed by atoms with Crippen LogP contribution in [0.5, 0.6) is 0 Å². The van der Waals surface area contributed by atoms with E-state index in [2.05, 4.69) is 74.3 Å². The summed E-state index contributed by atoms with van der Waals surface area (Å²) in [4.78, 5) is 26.3. The second kappa shape index (κ2) is 9.09. The average molecular weight is 463 g/mol. The van der Waals surface area contributed by atoms with Gasteiger partial charge in [0, 0.05) is 11.8 Å².